The average molecular weight is 877 g/mol. The lowest BCUT2D eigenvalue weighted by atomic mass is 9.78. The normalized spacial score (nSPS) is 30.5. The monoisotopic (exact) mass is 876 g/mol. The first-order chi connectivity index (χ1) is 29.8. The van der Waals surface area contributed by atoms with Crippen LogP contribution in [0.3, 0.4) is 0 Å². The molecule has 344 valence electrons. The van der Waals surface area contributed by atoms with Gasteiger partial charge in [0.05, 0.1) is 53.0 Å². The number of fused-ring (bicyclic) bond motifs is 14. The fourth-order valence-electron chi connectivity index (χ4n) is 9.47. The van der Waals surface area contributed by atoms with Crippen LogP contribution in [0.1, 0.15) is 95.6 Å². The highest BCUT2D eigenvalue weighted by Gasteiger charge is 2.50. The standard InChI is InChI=1S/C47H64N4O12/c1-24-13-12-14-25(2)46(59)49-37-32(23-48-51-20-18-50(19-21-51)31-15-10-11-16-31)41(56)34-35(42(37)57)40(55)29(6)44-36(34)45(58)47(8,63-44)61-22-17-33(60-9)26(3)43(62-30(7)52)28(5)39(54)27(4)38(24)53/h12-14,17,22-24,26-28,31,33,38-39,43,53-57H,10-11,15-16,18-21H2,1-9H3,(H,49,59)/t24-,26-,27+,28-,33-,38-,39+,43+,47-/m0/s1. The van der Waals surface area contributed by atoms with Crippen LogP contribution >= 0.6 is 0 Å². The summed E-state index contributed by atoms with van der Waals surface area (Å²) in [5.41, 5.74) is -0.293. The van der Waals surface area contributed by atoms with Crippen LogP contribution in [0.15, 0.2) is 41.2 Å². The van der Waals surface area contributed by atoms with Gasteiger partial charge in [-0.05, 0) is 32.8 Å². The largest absolute Gasteiger partial charge is 0.507 e. The number of phenols is 3. The Labute approximate surface area is 368 Å². The predicted octanol–water partition coefficient (Wildman–Crippen LogP) is 5.65. The molecule has 2 fully saturated rings. The summed E-state index contributed by atoms with van der Waals surface area (Å²) in [6, 6.07) is 0.553. The van der Waals surface area contributed by atoms with Crippen molar-refractivity contribution < 1.29 is 58.9 Å². The molecule has 7 rings (SSSR count). The van der Waals surface area contributed by atoms with E-state index < -0.39 is 88.8 Å². The topological polar surface area (TPSA) is 220 Å². The van der Waals surface area contributed by atoms with Gasteiger partial charge >= 0.3 is 11.8 Å². The Morgan fingerprint density at radius 3 is 2.22 bits per heavy atom. The van der Waals surface area contributed by atoms with Crippen LogP contribution in [0.2, 0.25) is 0 Å². The lowest BCUT2D eigenvalue weighted by Gasteiger charge is -2.38. The van der Waals surface area contributed by atoms with E-state index in [9.17, 15) is 39.9 Å². The number of anilines is 1. The van der Waals surface area contributed by atoms with Crippen molar-refractivity contribution in [3.05, 3.63) is 52.8 Å². The molecule has 2 aromatic carbocycles. The molecular formula is C47H64N4O12. The van der Waals surface area contributed by atoms with Gasteiger partial charge in [-0.1, -0.05) is 58.8 Å². The van der Waals surface area contributed by atoms with Crippen molar-refractivity contribution in [2.24, 2.45) is 28.8 Å². The molecule has 16 nitrogen and oxygen atoms in total. The molecule has 0 spiro atoms. The number of aromatic hydroxyl groups is 3. The van der Waals surface area contributed by atoms with Gasteiger partial charge in [0, 0.05) is 93.4 Å². The lowest BCUT2D eigenvalue weighted by Crippen LogP contribution is -2.47. The number of nitrogens with one attached hydrogen (secondary N) is 1. The van der Waals surface area contributed by atoms with Gasteiger partial charge < -0.3 is 49.8 Å². The minimum Gasteiger partial charge on any atom is -0.507 e. The van der Waals surface area contributed by atoms with Crippen LogP contribution in [-0.2, 0) is 23.8 Å². The summed E-state index contributed by atoms with van der Waals surface area (Å²) in [5.74, 6) is -8.28. The number of carbonyl (C=O) groups is 3. The number of rotatable bonds is 5. The van der Waals surface area contributed by atoms with Gasteiger partial charge in [-0.25, -0.2) is 0 Å². The Balaban J connectivity index is 1.47. The van der Waals surface area contributed by atoms with E-state index in [4.69, 9.17) is 18.9 Å². The molecule has 0 aromatic heterocycles. The number of methoxy groups -OCH3 is 1. The van der Waals surface area contributed by atoms with E-state index >= 15 is 0 Å². The number of phenolic OH excluding ortho intramolecular Hbond substituents is 3. The number of aliphatic hydroxyl groups excluding tert-OH is 2. The molecule has 16 heteroatoms. The van der Waals surface area contributed by atoms with Crippen molar-refractivity contribution in [3.63, 3.8) is 0 Å². The summed E-state index contributed by atoms with van der Waals surface area (Å²) in [7, 11) is 1.44. The van der Waals surface area contributed by atoms with Crippen LogP contribution in [0.25, 0.3) is 10.8 Å². The Morgan fingerprint density at radius 2 is 1.59 bits per heavy atom. The van der Waals surface area contributed by atoms with Crippen molar-refractivity contribution in [1.82, 2.24) is 9.91 Å². The molecule has 6 N–H and O–H groups in total. The number of ether oxygens (including phenoxy) is 4. The number of hydrazone groups is 1. The third kappa shape index (κ3) is 9.40. The van der Waals surface area contributed by atoms with E-state index in [2.05, 4.69) is 15.3 Å². The number of amides is 1. The summed E-state index contributed by atoms with van der Waals surface area (Å²) in [6.07, 6.45) is 9.75. The van der Waals surface area contributed by atoms with Crippen molar-refractivity contribution in [1.29, 1.82) is 0 Å². The van der Waals surface area contributed by atoms with E-state index in [-0.39, 0.29) is 44.5 Å². The molecule has 63 heavy (non-hydrogen) atoms. The number of Topliss-reactive ketones (excluding diaryl/α,β-unsaturated/α-hetero) is 1. The van der Waals surface area contributed by atoms with Crippen LogP contribution in [-0.4, -0.2) is 129 Å². The average Bonchev–Trinajstić information content (AvgIpc) is 3.89. The van der Waals surface area contributed by atoms with Crippen LogP contribution < -0.4 is 10.1 Å². The van der Waals surface area contributed by atoms with E-state index in [0.29, 0.717) is 19.1 Å². The zero-order valence-corrected chi connectivity index (χ0v) is 37.8. The smallest absolute Gasteiger partial charge is 0.312 e. The van der Waals surface area contributed by atoms with E-state index in [1.807, 2.05) is 5.01 Å². The first kappa shape index (κ1) is 47.3. The SMILES string of the molecule is CO[C@H]1C=CO[C@@]2(C)Oc3c(C)c(O)c4c(O)c(c(C=NN5CCN(C6CCCC6)CC5)c(O)c4c3C2=O)NC(=O)C(C)=CC=C[C@H](C)[C@H](O)[C@@H](C)[C@@H](O)[C@H](C)[C@H](OC(C)=O)[C@H]1C. The fraction of sp³-hybridized carbons (Fsp3) is 0.574. The zero-order valence-electron chi connectivity index (χ0n) is 37.8. The highest BCUT2D eigenvalue weighted by atomic mass is 16.7. The number of piperazine rings is 1. The molecule has 0 unspecified atom stereocenters. The quantitative estimate of drug-likeness (QED) is 0.0926. The van der Waals surface area contributed by atoms with Gasteiger partial charge in [-0.2, -0.15) is 5.10 Å². The Hall–Kier alpha value is -5.16. The predicted molar refractivity (Wildman–Crippen MR) is 237 cm³/mol. The Kier molecular flexibility index (Phi) is 14.5. The maximum atomic E-state index is 14.5. The number of hydrogen-bond acceptors (Lipinski definition) is 15. The van der Waals surface area contributed by atoms with E-state index in [1.165, 1.54) is 85.1 Å². The number of esters is 1. The van der Waals surface area contributed by atoms with Gasteiger partial charge in [0.1, 0.15) is 23.4 Å². The van der Waals surface area contributed by atoms with E-state index in [1.54, 1.807) is 39.8 Å². The summed E-state index contributed by atoms with van der Waals surface area (Å²) < 4.78 is 23.7. The van der Waals surface area contributed by atoms with Gasteiger partial charge in [-0.3, -0.25) is 24.3 Å². The van der Waals surface area contributed by atoms with Gasteiger partial charge in [0.2, 0.25) is 0 Å². The maximum absolute atomic E-state index is 14.5. The summed E-state index contributed by atoms with van der Waals surface area (Å²) >= 11 is 0. The van der Waals surface area contributed by atoms with Crippen molar-refractivity contribution in [2.45, 2.75) is 117 Å². The molecule has 2 aromatic rings. The van der Waals surface area contributed by atoms with Gasteiger partial charge in [0.25, 0.3) is 11.7 Å². The first-order valence-electron chi connectivity index (χ1n) is 21.9. The second-order valence-corrected chi connectivity index (χ2v) is 17.8. The number of carbonyl (C=O) groups excluding carboxylic acids is 3. The number of ketones is 1. The number of hydrogen-bond donors (Lipinski definition) is 6. The second kappa shape index (κ2) is 19.3. The second-order valence-electron chi connectivity index (χ2n) is 17.8. The molecule has 5 bridgehead atoms. The molecule has 5 aliphatic rings. The van der Waals surface area contributed by atoms with E-state index in [0.717, 1.165) is 13.1 Å². The fourth-order valence-corrected chi connectivity index (χ4v) is 9.47. The van der Waals surface area contributed by atoms with Crippen molar-refractivity contribution in [3.8, 4) is 23.0 Å². The highest BCUT2D eigenvalue weighted by Crippen LogP contribution is 2.55. The summed E-state index contributed by atoms with van der Waals surface area (Å²) in [6.45, 7) is 15.4. The number of allylic oxidation sites excluding steroid dienone is 2. The molecular weight excluding hydrogens is 813 g/mol. The lowest BCUT2D eigenvalue weighted by molar-refractivity contribution is -0.160. The molecule has 1 amide bonds. The van der Waals surface area contributed by atoms with Crippen LogP contribution in [0, 0.1) is 30.6 Å². The number of benzene rings is 2. The molecule has 4 heterocycles. The number of aliphatic hydroxyl groups is 2. The minimum atomic E-state index is -2.04. The maximum Gasteiger partial charge on any atom is 0.312 e. The molecule has 4 aliphatic heterocycles. The van der Waals surface area contributed by atoms with Gasteiger partial charge in [0.15, 0.2) is 5.75 Å². The Morgan fingerprint density at radius 1 is 0.921 bits per heavy atom. The molecule has 1 saturated heterocycles. The summed E-state index contributed by atoms with van der Waals surface area (Å²) in [5, 5.41) is 67.6. The summed E-state index contributed by atoms with van der Waals surface area (Å²) in [4.78, 5) is 43.2. The molecule has 0 radical (unpaired) electrons. The zero-order chi connectivity index (χ0) is 46.1. The van der Waals surface area contributed by atoms with Gasteiger partial charge in [-0.15, -0.1) is 0 Å². The first-order valence-corrected chi connectivity index (χ1v) is 21.9. The number of nitrogens with zero attached hydrogens (tertiary/aromatic N) is 3. The third-order valence-corrected chi connectivity index (χ3v) is 13.5. The van der Waals surface area contributed by atoms with Crippen LogP contribution in [0.5, 0.6) is 23.0 Å². The highest BCUT2D eigenvalue weighted by molar-refractivity contribution is 6.23. The Bertz CT molecular complexity index is 2190. The van der Waals surface area contributed by atoms with Crippen molar-refractivity contribution >= 4 is 40.3 Å². The molecule has 1 saturated carbocycles. The molecule has 1 aliphatic carbocycles. The van der Waals surface area contributed by atoms with Crippen LogP contribution in [0.4, 0.5) is 5.69 Å². The van der Waals surface area contributed by atoms with Crippen molar-refractivity contribution in [2.75, 3.05) is 38.6 Å². The molecule has 9 atom stereocenters. The third-order valence-electron chi connectivity index (χ3n) is 13.5. The minimum absolute atomic E-state index is 0.0631.